The highest BCUT2D eigenvalue weighted by molar-refractivity contribution is 8.77. The molecule has 1 aliphatic carbocycles. The monoisotopic (exact) mass is 1390 g/mol. The molecule has 0 radical (unpaired) electrons. The van der Waals surface area contributed by atoms with Crippen molar-refractivity contribution >= 4 is 128 Å². The van der Waals surface area contributed by atoms with Crippen molar-refractivity contribution < 1.29 is 111 Å². The van der Waals surface area contributed by atoms with Gasteiger partial charge in [0.05, 0.1) is 41.4 Å². The van der Waals surface area contributed by atoms with Gasteiger partial charge in [-0.3, -0.25) is 28.4 Å². The summed E-state index contributed by atoms with van der Waals surface area (Å²) in [5.74, 6) is 3.80. The number of hydrogen-bond acceptors (Lipinski definition) is 27. The number of nitrogens with one attached hydrogen (secondary N) is 4. The predicted molar refractivity (Wildman–Crippen MR) is 319 cm³/mol. The zero-order valence-electron chi connectivity index (χ0n) is 44.9. The van der Waals surface area contributed by atoms with Crippen molar-refractivity contribution in [2.24, 2.45) is 0 Å². The van der Waals surface area contributed by atoms with Gasteiger partial charge in [-0.15, -0.1) is 0 Å². The molecule has 3 heterocycles. The van der Waals surface area contributed by atoms with E-state index in [9.17, 15) is 74.0 Å². The predicted octanol–water partition coefficient (Wildman–Crippen LogP) is 4.14. The van der Waals surface area contributed by atoms with Crippen LogP contribution >= 0.6 is 67.0 Å². The zero-order chi connectivity index (χ0) is 64.1. The molecule has 33 nitrogen and oxygen atoms in total. The minimum Gasteiger partial charge on any atom is -0.478 e. The second-order valence-electron chi connectivity index (χ2n) is 17.7. The lowest BCUT2D eigenvalue weighted by molar-refractivity contribution is -0.0544. The fraction of sp³-hybridized carbons (Fsp3) is 0.378. The number of carbonyl (C=O) groups is 3. The number of carboxylic acids is 1. The number of nitrogen functional groups attached to an aromatic ring is 2. The molecule has 0 saturated carbocycles. The summed E-state index contributed by atoms with van der Waals surface area (Å²) >= 11 is 0. The number of phosphoric ester groups is 1. The van der Waals surface area contributed by atoms with Crippen LogP contribution in [0.2, 0.25) is 0 Å². The second-order valence-corrected chi connectivity index (χ2v) is 30.1. The maximum Gasteiger partial charge on any atom is 0.591 e. The van der Waals surface area contributed by atoms with Crippen LogP contribution in [0, 0.1) is 17.3 Å². The molecule has 2 aromatic carbocycles. The molecule has 0 spiro atoms. The van der Waals surface area contributed by atoms with Gasteiger partial charge >= 0.3 is 41.5 Å². The first-order valence-corrected chi connectivity index (χ1v) is 37.2. The molecule has 1 saturated heterocycles. The van der Waals surface area contributed by atoms with Gasteiger partial charge in [0.15, 0.2) is 21.1 Å². The number of unbranched alkanes of at least 4 members (excludes halogenated alkanes) is 2. The third-order valence-electron chi connectivity index (χ3n) is 11.6. The average Bonchev–Trinajstić information content (AvgIpc) is 1.23. The van der Waals surface area contributed by atoms with Gasteiger partial charge in [0, 0.05) is 65.9 Å². The van der Waals surface area contributed by atoms with Crippen LogP contribution < -0.4 is 38.5 Å². The zero-order valence-corrected chi connectivity index (χ0v) is 52.5. The molecule has 4 atom stereocenters. The van der Waals surface area contributed by atoms with E-state index >= 15 is 0 Å². The molecule has 3 aromatic rings. The van der Waals surface area contributed by atoms with E-state index in [0.717, 1.165) is 28.5 Å². The Morgan fingerprint density at radius 2 is 1.63 bits per heavy atom. The third kappa shape index (κ3) is 20.5. The summed E-state index contributed by atoms with van der Waals surface area (Å²) in [6, 6.07) is 7.43. The standard InChI is InChI=1S/C45H55N8O25P3S6/c1-2-82-85-24-73-33-20-35(75-34(33)22-74-80(62,63)78-81(64,65)77-79(59,60)61)53-21-26(41(48)52-45(53)58)7-6-15-51-44(57)50-14-4-3-5-17-72-23-84-83-18-16-49-42(54)25-8-9-27(43(55)56)30(19-25)36-28-10-12-31(46)39(86(66,67)68)37(28)76-38-29(36)11-13-32(47)40(38)87(69,70)71/h8-13,19,21,33-35,64-65H,2-5,14-18,20,22-24H2,1H3,(H13-,46,47,48,49,50,51,52,54,55,56,57,58,59,60,61,62,63,66,67,68,69,70,71)/p+1/t33-,34-,35-/m1/s1. The molecule has 476 valence electrons. The molecule has 3 aliphatic rings. The summed E-state index contributed by atoms with van der Waals surface area (Å²) in [6.07, 6.45) is -0.0410. The number of aromatic nitrogens is 2. The van der Waals surface area contributed by atoms with E-state index in [0.29, 0.717) is 44.1 Å². The number of carbonyl (C=O) groups excluding carboxylic acids is 2. The van der Waals surface area contributed by atoms with Gasteiger partial charge in [0.1, 0.15) is 30.0 Å². The van der Waals surface area contributed by atoms with Crippen LogP contribution in [0.5, 0.6) is 0 Å². The first kappa shape index (κ1) is 71.1. The maximum atomic E-state index is 13.4. The molecule has 3 amide bonds. The fourth-order valence-corrected chi connectivity index (χ4v) is 15.6. The quantitative estimate of drug-likeness (QED) is 0.00433. The lowest BCUT2D eigenvalue weighted by Crippen LogP contribution is -2.36. The van der Waals surface area contributed by atoms with Crippen LogP contribution in [-0.4, -0.2) is 151 Å². The molecule has 16 N–H and O–H groups in total. The van der Waals surface area contributed by atoms with Crippen molar-refractivity contribution in [1.82, 2.24) is 25.5 Å². The molecular weight excluding hydrogens is 1340 g/mol. The second kappa shape index (κ2) is 31.2. The van der Waals surface area contributed by atoms with E-state index < -0.39 is 130 Å². The van der Waals surface area contributed by atoms with Gasteiger partial charge in [-0.25, -0.2) is 23.5 Å². The summed E-state index contributed by atoms with van der Waals surface area (Å²) in [4.78, 5) is 100.0. The first-order valence-electron chi connectivity index (χ1n) is 24.8. The summed E-state index contributed by atoms with van der Waals surface area (Å²) < 4.78 is 130. The van der Waals surface area contributed by atoms with Crippen molar-refractivity contribution in [2.45, 2.75) is 60.8 Å². The Morgan fingerprint density at radius 3 is 2.32 bits per heavy atom. The molecule has 1 unspecified atom stereocenters. The third-order valence-corrected chi connectivity index (χ3v) is 21.6. The molecule has 87 heavy (non-hydrogen) atoms. The van der Waals surface area contributed by atoms with Crippen LogP contribution in [0.15, 0.2) is 67.7 Å². The van der Waals surface area contributed by atoms with Gasteiger partial charge < -0.3 is 65.8 Å². The fourth-order valence-electron chi connectivity index (χ4n) is 8.10. The van der Waals surface area contributed by atoms with E-state index in [2.05, 4.69) is 41.4 Å². The highest BCUT2D eigenvalue weighted by atomic mass is 33.1. The van der Waals surface area contributed by atoms with Crippen LogP contribution in [0.3, 0.4) is 0 Å². The summed E-state index contributed by atoms with van der Waals surface area (Å²) in [5.41, 5.74) is 8.64. The van der Waals surface area contributed by atoms with Gasteiger partial charge in [-0.05, 0) is 75.9 Å². The van der Waals surface area contributed by atoms with E-state index in [-0.39, 0.29) is 64.5 Å². The number of rotatable bonds is 31. The smallest absolute Gasteiger partial charge is 0.478 e. The lowest BCUT2D eigenvalue weighted by Gasteiger charge is -2.20. The molecule has 1 fully saturated rings. The number of phosphoric acid groups is 2. The van der Waals surface area contributed by atoms with Gasteiger partial charge in [-0.1, -0.05) is 61.9 Å². The van der Waals surface area contributed by atoms with Gasteiger partial charge in [-0.2, -0.15) is 31.6 Å². The highest BCUT2D eigenvalue weighted by Gasteiger charge is 2.55. The molecule has 0 bridgehead atoms. The SMILES string of the molecule is CCSSCO[C@@H]1C[C@H](n2cc(C#CCNC(=O)NCCCCCOCSSCCNC(=O)c3ccc(C(=O)O)c(-c4c5ccc(=N)c(S(=O)(=O)O)c-5oc5c(S(=O)(=O)O)c(N)ccc45)c3)c(N)nc2=O)O[C@@H]1COP(=O)(O)O[P+](O)(O)OP(=O)(O)O. The topological polar surface area (TPSA) is 531 Å². The average molecular weight is 1390 g/mol. The number of nitrogens with two attached hydrogens (primary N) is 2. The normalized spacial score (nSPS) is 16.3. The molecular formula is C45H56N8O25P3S6+. The highest BCUT2D eigenvalue weighted by Crippen LogP contribution is 2.71. The van der Waals surface area contributed by atoms with Crippen LogP contribution in [0.1, 0.15) is 65.1 Å². The Kier molecular flexibility index (Phi) is 25.5. The van der Waals surface area contributed by atoms with Crippen molar-refractivity contribution in [3.63, 3.8) is 0 Å². The molecule has 6 rings (SSSR count). The van der Waals surface area contributed by atoms with Crippen molar-refractivity contribution in [3.05, 3.63) is 81.2 Å². The van der Waals surface area contributed by atoms with Crippen molar-refractivity contribution in [2.75, 3.05) is 67.7 Å². The Balaban J connectivity index is 0.916. The number of anilines is 2. The molecule has 1 aromatic heterocycles. The number of fused-ring (bicyclic) bond motifs is 2. The van der Waals surface area contributed by atoms with E-state index in [1.807, 2.05) is 6.92 Å². The van der Waals surface area contributed by atoms with Crippen LogP contribution in [0.25, 0.3) is 33.4 Å². The minimum absolute atomic E-state index is 0.0445. The number of hydrogen-bond donors (Lipinski definition) is 14. The Morgan fingerprint density at radius 1 is 0.908 bits per heavy atom. The number of benzene rings is 3. The number of amides is 3. The number of carboxylic acid groups (broad SMARTS) is 1. The lowest BCUT2D eigenvalue weighted by atomic mass is 9.89. The largest absolute Gasteiger partial charge is 0.591 e. The van der Waals surface area contributed by atoms with Crippen molar-refractivity contribution in [1.29, 1.82) is 5.41 Å². The molecule has 42 heteroatoms. The number of aromatic carboxylic acids is 1. The molecule has 2 aliphatic heterocycles. The van der Waals surface area contributed by atoms with E-state index in [4.69, 9.17) is 49.8 Å². The van der Waals surface area contributed by atoms with Crippen LogP contribution in [-0.2, 0) is 56.7 Å². The Labute approximate surface area is 510 Å². The van der Waals surface area contributed by atoms with Gasteiger partial charge in [0.2, 0.25) is 0 Å². The summed E-state index contributed by atoms with van der Waals surface area (Å²) in [7, 11) is -21.5. The first-order chi connectivity index (χ1) is 40.8. The van der Waals surface area contributed by atoms with Crippen LogP contribution in [0.4, 0.5) is 16.3 Å². The Bertz CT molecular complexity index is 3850. The summed E-state index contributed by atoms with van der Waals surface area (Å²) in [6.45, 7) is 1.82. The minimum atomic E-state index is -5.57. The maximum absolute atomic E-state index is 13.4. The van der Waals surface area contributed by atoms with Crippen molar-refractivity contribution in [3.8, 4) is 34.3 Å². The van der Waals surface area contributed by atoms with E-state index in [1.54, 1.807) is 0 Å². The number of ether oxygens (including phenoxy) is 3. The number of nitrogens with zero attached hydrogens (tertiary/aromatic N) is 2. The summed E-state index contributed by atoms with van der Waals surface area (Å²) in [5, 5.41) is 25.5. The Hall–Kier alpha value is -4.95. The number of urea groups is 1. The van der Waals surface area contributed by atoms with E-state index in [1.165, 1.54) is 73.6 Å². The van der Waals surface area contributed by atoms with Gasteiger partial charge in [0.25, 0.3) is 26.1 Å².